The lowest BCUT2D eigenvalue weighted by atomic mass is 10.1. The number of aromatic nitrogens is 4. The second-order valence-electron chi connectivity index (χ2n) is 5.48. The molecule has 0 fully saturated rings. The molecule has 0 aliphatic rings. The summed E-state index contributed by atoms with van der Waals surface area (Å²) in [7, 11) is 1.97. The molecular weight excluding hydrogens is 282 g/mol. The highest BCUT2D eigenvalue weighted by molar-refractivity contribution is 4.98. The molecule has 2 rings (SSSR count). The van der Waals surface area contributed by atoms with Gasteiger partial charge in [-0.3, -0.25) is 19.3 Å². The van der Waals surface area contributed by atoms with Crippen LogP contribution < -0.4 is 11.2 Å². The van der Waals surface area contributed by atoms with Crippen molar-refractivity contribution in [2.24, 2.45) is 0 Å². The number of nitrogens with zero attached hydrogens (tertiary/aromatic N) is 4. The van der Waals surface area contributed by atoms with Crippen molar-refractivity contribution in [1.82, 2.24) is 24.4 Å². The number of aromatic amines is 1. The van der Waals surface area contributed by atoms with Gasteiger partial charge in [-0.25, -0.2) is 4.79 Å². The zero-order valence-corrected chi connectivity index (χ0v) is 13.1. The first kappa shape index (κ1) is 16.1. The Morgan fingerprint density at radius 1 is 1.36 bits per heavy atom. The van der Waals surface area contributed by atoms with E-state index in [9.17, 15) is 9.59 Å². The van der Waals surface area contributed by atoms with Gasteiger partial charge in [0.2, 0.25) is 0 Å². The Labute approximate surface area is 128 Å². The van der Waals surface area contributed by atoms with Crippen molar-refractivity contribution in [3.8, 4) is 0 Å². The molecule has 0 saturated carbocycles. The first-order chi connectivity index (χ1) is 10.5. The summed E-state index contributed by atoms with van der Waals surface area (Å²) in [5.41, 5.74) is 0.874. The van der Waals surface area contributed by atoms with Crippen LogP contribution in [-0.2, 0) is 13.0 Å². The third-order valence-electron chi connectivity index (χ3n) is 3.71. The van der Waals surface area contributed by atoms with E-state index in [4.69, 9.17) is 0 Å². The highest BCUT2D eigenvalue weighted by Crippen LogP contribution is 2.03. The van der Waals surface area contributed by atoms with E-state index in [-0.39, 0.29) is 17.3 Å². The van der Waals surface area contributed by atoms with Gasteiger partial charge in [-0.15, -0.1) is 0 Å². The van der Waals surface area contributed by atoms with Crippen LogP contribution in [0.2, 0.25) is 0 Å². The number of H-pyrrole nitrogens is 1. The topological polar surface area (TPSA) is 83.9 Å². The van der Waals surface area contributed by atoms with E-state index in [1.54, 1.807) is 25.5 Å². The third-order valence-corrected chi connectivity index (χ3v) is 3.71. The summed E-state index contributed by atoms with van der Waals surface area (Å²) in [6, 6.07) is 1.67. The van der Waals surface area contributed by atoms with Gasteiger partial charge in [0.15, 0.2) is 0 Å². The number of rotatable bonds is 6. The molecule has 1 unspecified atom stereocenters. The van der Waals surface area contributed by atoms with Crippen molar-refractivity contribution in [1.29, 1.82) is 0 Å². The zero-order chi connectivity index (χ0) is 16.1. The van der Waals surface area contributed by atoms with Gasteiger partial charge in [-0.2, -0.15) is 0 Å². The lowest BCUT2D eigenvalue weighted by Gasteiger charge is -2.24. The molecule has 118 valence electrons. The van der Waals surface area contributed by atoms with E-state index in [1.165, 1.54) is 10.6 Å². The average molecular weight is 303 g/mol. The molecule has 2 heterocycles. The van der Waals surface area contributed by atoms with E-state index in [1.807, 2.05) is 7.05 Å². The van der Waals surface area contributed by atoms with Crippen LogP contribution >= 0.6 is 0 Å². The maximum Gasteiger partial charge on any atom is 0.328 e. The first-order valence-corrected chi connectivity index (χ1v) is 7.23. The van der Waals surface area contributed by atoms with Gasteiger partial charge < -0.3 is 9.88 Å². The lowest BCUT2D eigenvalue weighted by Crippen LogP contribution is -2.40. The molecule has 0 amide bonds. The minimum atomic E-state index is -0.361. The van der Waals surface area contributed by atoms with Gasteiger partial charge in [0, 0.05) is 55.9 Å². The molecule has 0 aromatic carbocycles. The predicted octanol–water partition coefficient (Wildman–Crippen LogP) is 0.198. The van der Waals surface area contributed by atoms with Crippen LogP contribution in [0.15, 0.2) is 34.2 Å². The number of likely N-dealkylation sites (N-methyl/N-ethyl adjacent to an activating group) is 1. The van der Waals surface area contributed by atoms with E-state index in [0.717, 1.165) is 12.1 Å². The molecule has 22 heavy (non-hydrogen) atoms. The third kappa shape index (κ3) is 4.11. The van der Waals surface area contributed by atoms with Crippen LogP contribution in [0, 0.1) is 6.92 Å². The predicted molar refractivity (Wildman–Crippen MR) is 83.9 cm³/mol. The van der Waals surface area contributed by atoms with Crippen LogP contribution in [0.4, 0.5) is 0 Å². The second-order valence-corrected chi connectivity index (χ2v) is 5.48. The second kappa shape index (κ2) is 7.13. The van der Waals surface area contributed by atoms with Crippen LogP contribution in [0.5, 0.6) is 0 Å². The van der Waals surface area contributed by atoms with Crippen molar-refractivity contribution < 1.29 is 0 Å². The van der Waals surface area contributed by atoms with Crippen LogP contribution in [-0.4, -0.2) is 44.1 Å². The quantitative estimate of drug-likeness (QED) is 0.824. The molecule has 1 N–H and O–H groups in total. The van der Waals surface area contributed by atoms with Gasteiger partial charge in [-0.05, 0) is 20.9 Å². The van der Waals surface area contributed by atoms with Gasteiger partial charge in [-0.1, -0.05) is 0 Å². The van der Waals surface area contributed by atoms with Gasteiger partial charge in [0.1, 0.15) is 0 Å². The fourth-order valence-corrected chi connectivity index (χ4v) is 2.22. The molecule has 7 nitrogen and oxygen atoms in total. The van der Waals surface area contributed by atoms with Crippen molar-refractivity contribution in [2.45, 2.75) is 32.9 Å². The Hall–Kier alpha value is -2.28. The van der Waals surface area contributed by atoms with Crippen molar-refractivity contribution in [3.63, 3.8) is 0 Å². The minimum Gasteiger partial charge on any atom is -0.311 e. The SMILES string of the molecule is Cc1cc(=O)n(CCN(C)C(C)Cc2cnccn2)c(=O)[nH]1. The van der Waals surface area contributed by atoms with E-state index in [2.05, 4.69) is 26.8 Å². The van der Waals surface area contributed by atoms with Crippen molar-refractivity contribution in [2.75, 3.05) is 13.6 Å². The summed E-state index contributed by atoms with van der Waals surface area (Å²) >= 11 is 0. The van der Waals surface area contributed by atoms with Crippen molar-refractivity contribution in [3.05, 3.63) is 56.9 Å². The Kier molecular flexibility index (Phi) is 5.21. The molecule has 2 aromatic heterocycles. The van der Waals surface area contributed by atoms with E-state index >= 15 is 0 Å². The number of aryl methyl sites for hydroxylation is 1. The molecule has 0 radical (unpaired) electrons. The summed E-state index contributed by atoms with van der Waals surface area (Å²) in [4.78, 5) is 36.7. The fourth-order valence-electron chi connectivity index (χ4n) is 2.22. The Morgan fingerprint density at radius 2 is 2.14 bits per heavy atom. The van der Waals surface area contributed by atoms with E-state index in [0.29, 0.717) is 18.8 Å². The molecule has 0 saturated heterocycles. The molecule has 0 bridgehead atoms. The highest BCUT2D eigenvalue weighted by Gasteiger charge is 2.12. The number of hydrogen-bond acceptors (Lipinski definition) is 5. The fraction of sp³-hybridized carbons (Fsp3) is 0.467. The summed E-state index contributed by atoms with van der Waals surface area (Å²) in [6.07, 6.45) is 5.84. The average Bonchev–Trinajstić information content (AvgIpc) is 2.46. The molecule has 0 aliphatic carbocycles. The first-order valence-electron chi connectivity index (χ1n) is 7.23. The highest BCUT2D eigenvalue weighted by atomic mass is 16.2. The van der Waals surface area contributed by atoms with Crippen LogP contribution in [0.25, 0.3) is 0 Å². The zero-order valence-electron chi connectivity index (χ0n) is 13.1. The summed E-state index contributed by atoms with van der Waals surface area (Å²) in [5.74, 6) is 0. The summed E-state index contributed by atoms with van der Waals surface area (Å²) < 4.78 is 1.22. The van der Waals surface area contributed by atoms with Crippen LogP contribution in [0.1, 0.15) is 18.3 Å². The van der Waals surface area contributed by atoms with E-state index < -0.39 is 0 Å². The molecule has 1 atom stereocenters. The standard InChI is InChI=1S/C15H21N5O2/c1-11-8-14(21)20(15(22)18-11)7-6-19(3)12(2)9-13-10-16-4-5-17-13/h4-5,8,10,12H,6-7,9H2,1-3H3,(H,18,22). The van der Waals surface area contributed by atoms with Crippen molar-refractivity contribution >= 4 is 0 Å². The number of hydrogen-bond donors (Lipinski definition) is 1. The Morgan fingerprint density at radius 3 is 2.77 bits per heavy atom. The Bertz CT molecular complexity index is 691. The largest absolute Gasteiger partial charge is 0.328 e. The smallest absolute Gasteiger partial charge is 0.311 e. The molecule has 2 aromatic rings. The van der Waals surface area contributed by atoms with Gasteiger partial charge >= 0.3 is 5.69 Å². The number of nitrogens with one attached hydrogen (secondary N) is 1. The maximum atomic E-state index is 11.8. The lowest BCUT2D eigenvalue weighted by molar-refractivity contribution is 0.242. The molecule has 7 heteroatoms. The molecule has 0 aliphatic heterocycles. The monoisotopic (exact) mass is 303 g/mol. The van der Waals surface area contributed by atoms with Gasteiger partial charge in [0.05, 0.1) is 5.69 Å². The minimum absolute atomic E-state index is 0.233. The Balaban J connectivity index is 1.97. The molecule has 0 spiro atoms. The van der Waals surface area contributed by atoms with Crippen LogP contribution in [0.3, 0.4) is 0 Å². The maximum absolute atomic E-state index is 11.8. The normalized spacial score (nSPS) is 12.5. The summed E-state index contributed by atoms with van der Waals surface area (Å²) in [6.45, 7) is 4.74. The summed E-state index contributed by atoms with van der Waals surface area (Å²) in [5, 5.41) is 0. The molecular formula is C15H21N5O2. The van der Waals surface area contributed by atoms with Gasteiger partial charge in [0.25, 0.3) is 5.56 Å².